The lowest BCUT2D eigenvalue weighted by Gasteiger charge is -2.57. The Morgan fingerprint density at radius 3 is 2.29 bits per heavy atom. The molecule has 0 aromatic heterocycles. The summed E-state index contributed by atoms with van der Waals surface area (Å²) < 4.78 is 0.946. The van der Waals surface area contributed by atoms with E-state index in [9.17, 15) is 5.11 Å². The van der Waals surface area contributed by atoms with Crippen LogP contribution in [0.4, 0.5) is 5.69 Å². The number of hydrogen-bond acceptors (Lipinski definition) is 2. The van der Waals surface area contributed by atoms with Crippen LogP contribution in [0, 0.1) is 31.6 Å². The Balaban J connectivity index is 1.53. The van der Waals surface area contributed by atoms with Gasteiger partial charge in [0.1, 0.15) is 5.75 Å². The monoisotopic (exact) mass is 437 g/mol. The first-order valence-electron chi connectivity index (χ1n) is 10.6. The summed E-state index contributed by atoms with van der Waals surface area (Å²) in [5, 5.41) is 10.1. The molecule has 6 rings (SSSR count). The van der Waals surface area contributed by atoms with Crippen molar-refractivity contribution in [1.29, 1.82) is 0 Å². The van der Waals surface area contributed by atoms with Crippen molar-refractivity contribution in [2.45, 2.75) is 57.8 Å². The standard InChI is InChI=1S/C25H28BrNO/c1-15-5-21(25-11-17-6-18(12-25)8-19(7-17)13-25)10-23(16(15)2)27-14-20-9-22(26)3-4-24(20)28/h3-5,9-10,14,17-19,28H,6-8,11-13H2,1-2H3. The summed E-state index contributed by atoms with van der Waals surface area (Å²) in [7, 11) is 0. The molecule has 4 fully saturated rings. The number of rotatable bonds is 3. The lowest BCUT2D eigenvalue weighted by atomic mass is 9.48. The SMILES string of the molecule is Cc1cc(C23CC4CC(CC(C4)C2)C3)cc(N=Cc2cc(Br)ccc2O)c1C. The number of halogens is 1. The van der Waals surface area contributed by atoms with Crippen LogP contribution in [-0.2, 0) is 5.41 Å². The number of benzene rings is 2. The van der Waals surface area contributed by atoms with Gasteiger partial charge in [0.25, 0.3) is 0 Å². The maximum Gasteiger partial charge on any atom is 0.124 e. The Bertz CT molecular complexity index is 926. The van der Waals surface area contributed by atoms with Crippen molar-refractivity contribution in [3.63, 3.8) is 0 Å². The van der Waals surface area contributed by atoms with E-state index in [0.29, 0.717) is 5.41 Å². The number of aliphatic imine (C=N–C) groups is 1. The number of aryl methyl sites for hydroxylation is 1. The largest absolute Gasteiger partial charge is 0.507 e. The van der Waals surface area contributed by atoms with Gasteiger partial charge < -0.3 is 5.11 Å². The van der Waals surface area contributed by atoms with Crippen LogP contribution in [0.3, 0.4) is 0 Å². The fourth-order valence-electron chi connectivity index (χ4n) is 6.51. The zero-order chi connectivity index (χ0) is 19.5. The molecule has 4 bridgehead atoms. The minimum atomic E-state index is 0.263. The Hall–Kier alpha value is -1.61. The van der Waals surface area contributed by atoms with Crippen molar-refractivity contribution < 1.29 is 5.11 Å². The molecule has 146 valence electrons. The zero-order valence-corrected chi connectivity index (χ0v) is 18.3. The van der Waals surface area contributed by atoms with Crippen molar-refractivity contribution in [2.24, 2.45) is 22.7 Å². The summed E-state index contributed by atoms with van der Waals surface area (Å²) >= 11 is 3.48. The summed E-state index contributed by atoms with van der Waals surface area (Å²) in [4.78, 5) is 4.82. The van der Waals surface area contributed by atoms with E-state index in [0.717, 1.165) is 33.5 Å². The minimum Gasteiger partial charge on any atom is -0.507 e. The van der Waals surface area contributed by atoms with Gasteiger partial charge in [-0.15, -0.1) is 0 Å². The molecule has 3 heteroatoms. The van der Waals surface area contributed by atoms with E-state index in [1.54, 1.807) is 12.3 Å². The van der Waals surface area contributed by atoms with Crippen LogP contribution < -0.4 is 0 Å². The third kappa shape index (κ3) is 3.12. The van der Waals surface area contributed by atoms with E-state index in [4.69, 9.17) is 4.99 Å². The molecule has 0 radical (unpaired) electrons. The Labute approximate surface area is 176 Å². The van der Waals surface area contributed by atoms with Crippen molar-refractivity contribution in [1.82, 2.24) is 0 Å². The highest BCUT2D eigenvalue weighted by Crippen LogP contribution is 2.61. The maximum absolute atomic E-state index is 10.1. The van der Waals surface area contributed by atoms with Gasteiger partial charge in [-0.05, 0) is 116 Å². The molecule has 4 aliphatic carbocycles. The molecule has 2 aromatic rings. The first kappa shape index (κ1) is 18.4. The van der Waals surface area contributed by atoms with Gasteiger partial charge in [-0.3, -0.25) is 4.99 Å². The number of nitrogens with zero attached hydrogens (tertiary/aromatic N) is 1. The van der Waals surface area contributed by atoms with Crippen molar-refractivity contribution in [3.05, 3.63) is 57.1 Å². The summed E-state index contributed by atoms with van der Waals surface area (Å²) in [6.45, 7) is 4.38. The third-order valence-electron chi connectivity index (χ3n) is 7.62. The van der Waals surface area contributed by atoms with Crippen LogP contribution in [0.15, 0.2) is 39.8 Å². The van der Waals surface area contributed by atoms with Gasteiger partial charge in [0.15, 0.2) is 0 Å². The van der Waals surface area contributed by atoms with Gasteiger partial charge >= 0.3 is 0 Å². The van der Waals surface area contributed by atoms with Crippen molar-refractivity contribution in [3.8, 4) is 5.75 Å². The molecule has 4 aliphatic rings. The molecule has 4 saturated carbocycles. The lowest BCUT2D eigenvalue weighted by Crippen LogP contribution is -2.48. The molecular formula is C25H28BrNO. The summed E-state index contributed by atoms with van der Waals surface area (Å²) in [6, 6.07) is 10.2. The zero-order valence-electron chi connectivity index (χ0n) is 16.7. The van der Waals surface area contributed by atoms with E-state index >= 15 is 0 Å². The molecular weight excluding hydrogens is 410 g/mol. The van der Waals surface area contributed by atoms with Crippen LogP contribution >= 0.6 is 15.9 Å². The molecule has 0 atom stereocenters. The molecule has 0 heterocycles. The van der Waals surface area contributed by atoms with Crippen molar-refractivity contribution in [2.75, 3.05) is 0 Å². The van der Waals surface area contributed by atoms with E-state index in [1.807, 2.05) is 12.1 Å². The summed E-state index contributed by atoms with van der Waals surface area (Å²) in [5.41, 5.74) is 6.25. The van der Waals surface area contributed by atoms with Gasteiger partial charge in [-0.2, -0.15) is 0 Å². The van der Waals surface area contributed by atoms with Gasteiger partial charge in [-0.25, -0.2) is 0 Å². The highest BCUT2D eigenvalue weighted by Gasteiger charge is 2.51. The molecule has 1 N–H and O–H groups in total. The van der Waals surface area contributed by atoms with E-state index in [1.165, 1.54) is 55.2 Å². The lowest BCUT2D eigenvalue weighted by molar-refractivity contribution is -0.00519. The molecule has 0 saturated heterocycles. The first-order valence-corrected chi connectivity index (χ1v) is 11.4. The van der Waals surface area contributed by atoms with E-state index in [2.05, 4.69) is 41.9 Å². The highest BCUT2D eigenvalue weighted by molar-refractivity contribution is 9.10. The normalized spacial score (nSPS) is 31.0. The average Bonchev–Trinajstić information content (AvgIpc) is 2.64. The summed E-state index contributed by atoms with van der Waals surface area (Å²) in [6.07, 6.45) is 10.3. The van der Waals surface area contributed by atoms with Crippen LogP contribution in [0.1, 0.15) is 60.8 Å². The fraction of sp³-hybridized carbons (Fsp3) is 0.480. The van der Waals surface area contributed by atoms with E-state index in [-0.39, 0.29) is 5.75 Å². The highest BCUT2D eigenvalue weighted by atomic mass is 79.9. The van der Waals surface area contributed by atoms with Crippen LogP contribution in [0.25, 0.3) is 0 Å². The molecule has 0 aliphatic heterocycles. The fourth-order valence-corrected chi connectivity index (χ4v) is 6.89. The second kappa shape index (κ2) is 6.73. The quantitative estimate of drug-likeness (QED) is 0.515. The van der Waals surface area contributed by atoms with Gasteiger partial charge in [0.05, 0.1) is 5.69 Å². The van der Waals surface area contributed by atoms with Crippen molar-refractivity contribution >= 4 is 27.8 Å². The van der Waals surface area contributed by atoms with Gasteiger partial charge in [0.2, 0.25) is 0 Å². The molecule has 2 nitrogen and oxygen atoms in total. The number of phenols is 1. The second-order valence-electron chi connectivity index (χ2n) is 9.60. The predicted molar refractivity (Wildman–Crippen MR) is 119 cm³/mol. The number of hydrogen-bond donors (Lipinski definition) is 1. The second-order valence-corrected chi connectivity index (χ2v) is 10.5. The van der Waals surface area contributed by atoms with E-state index < -0.39 is 0 Å². The molecule has 0 amide bonds. The Morgan fingerprint density at radius 2 is 1.64 bits per heavy atom. The Morgan fingerprint density at radius 1 is 1.00 bits per heavy atom. The average molecular weight is 438 g/mol. The Kier molecular flexibility index (Phi) is 4.42. The topological polar surface area (TPSA) is 32.6 Å². The molecule has 2 aromatic carbocycles. The minimum absolute atomic E-state index is 0.263. The smallest absolute Gasteiger partial charge is 0.124 e. The molecule has 0 unspecified atom stereocenters. The third-order valence-corrected chi connectivity index (χ3v) is 8.12. The predicted octanol–water partition coefficient (Wildman–Crippen LogP) is 6.99. The summed E-state index contributed by atoms with van der Waals surface area (Å²) in [5.74, 6) is 3.09. The maximum atomic E-state index is 10.1. The molecule has 0 spiro atoms. The van der Waals surface area contributed by atoms with Gasteiger partial charge in [0, 0.05) is 16.3 Å². The van der Waals surface area contributed by atoms with Gasteiger partial charge in [-0.1, -0.05) is 22.0 Å². The number of phenolic OH excluding ortho intramolecular Hbond substituents is 1. The van der Waals surface area contributed by atoms with Crippen LogP contribution in [-0.4, -0.2) is 11.3 Å². The first-order chi connectivity index (χ1) is 13.4. The number of aromatic hydroxyl groups is 1. The van der Waals surface area contributed by atoms with Crippen LogP contribution in [0.2, 0.25) is 0 Å². The molecule has 28 heavy (non-hydrogen) atoms. The van der Waals surface area contributed by atoms with Crippen LogP contribution in [0.5, 0.6) is 5.75 Å².